The first-order chi connectivity index (χ1) is 25.1. The van der Waals surface area contributed by atoms with Gasteiger partial charge in [-0.3, -0.25) is 0 Å². The highest BCUT2D eigenvalue weighted by Crippen LogP contribution is 2.55. The molecule has 1 aliphatic carbocycles. The molecule has 4 heterocycles. The molecule has 0 amide bonds. The number of benzene rings is 6. The van der Waals surface area contributed by atoms with Crippen LogP contribution in [0.2, 0.25) is 0 Å². The fourth-order valence-electron chi connectivity index (χ4n) is 9.53. The summed E-state index contributed by atoms with van der Waals surface area (Å²) in [5.74, 6) is 0.224. The molecule has 0 fully saturated rings. The third-order valence-corrected chi connectivity index (χ3v) is 12.9. The van der Waals surface area contributed by atoms with Gasteiger partial charge in [-0.1, -0.05) is 110 Å². The molecule has 2 nitrogen and oxygen atoms in total. The molecule has 3 heteroatoms. The maximum absolute atomic E-state index is 6.28. The Bertz CT molecular complexity index is 2840. The molecular weight excluding hydrogens is 639 g/mol. The second-order valence-electron chi connectivity index (χ2n) is 14.6. The highest BCUT2D eigenvalue weighted by molar-refractivity contribution is 7.26. The number of fused-ring (bicyclic) bond motifs is 10. The van der Waals surface area contributed by atoms with Gasteiger partial charge in [-0.05, 0) is 83.8 Å². The Kier molecular flexibility index (Phi) is 6.30. The molecule has 1 unspecified atom stereocenters. The highest BCUT2D eigenvalue weighted by atomic mass is 32.1. The molecule has 3 aliphatic rings. The molecule has 0 saturated carbocycles. The van der Waals surface area contributed by atoms with Gasteiger partial charge in [0, 0.05) is 48.5 Å². The molecule has 244 valence electrons. The Balaban J connectivity index is 1.12. The summed E-state index contributed by atoms with van der Waals surface area (Å²) in [6.45, 7) is 6.85. The largest absolute Gasteiger partial charge is 0.456 e. The number of hydrogen-bond acceptors (Lipinski definition) is 2. The van der Waals surface area contributed by atoms with Gasteiger partial charge in [-0.25, -0.2) is 0 Å². The van der Waals surface area contributed by atoms with E-state index in [1.807, 2.05) is 17.4 Å². The first-order valence-corrected chi connectivity index (χ1v) is 19.0. The number of rotatable bonds is 4. The van der Waals surface area contributed by atoms with Crippen LogP contribution in [0.15, 0.2) is 155 Å². The van der Waals surface area contributed by atoms with Crippen molar-refractivity contribution in [2.45, 2.75) is 44.6 Å². The first-order valence-electron chi connectivity index (χ1n) is 18.2. The van der Waals surface area contributed by atoms with Crippen LogP contribution in [-0.2, 0) is 0 Å². The van der Waals surface area contributed by atoms with Crippen LogP contribution in [0.25, 0.3) is 64.4 Å². The fraction of sp³-hybridized carbons (Fsp3) is 0.146. The van der Waals surface area contributed by atoms with Crippen molar-refractivity contribution in [1.82, 2.24) is 0 Å². The minimum Gasteiger partial charge on any atom is -0.456 e. The number of furan rings is 1. The van der Waals surface area contributed by atoms with Crippen LogP contribution in [0, 0.1) is 0 Å². The molecule has 0 saturated heterocycles. The van der Waals surface area contributed by atoms with Crippen molar-refractivity contribution >= 4 is 59.2 Å². The molecule has 6 aromatic carbocycles. The lowest BCUT2D eigenvalue weighted by molar-refractivity contribution is -0.510. The lowest BCUT2D eigenvalue weighted by Crippen LogP contribution is -2.18. The summed E-state index contributed by atoms with van der Waals surface area (Å²) in [5.41, 5.74) is 17.0. The van der Waals surface area contributed by atoms with E-state index in [-0.39, 0.29) is 12.0 Å². The van der Waals surface area contributed by atoms with Crippen LogP contribution in [0.1, 0.15) is 61.3 Å². The zero-order chi connectivity index (χ0) is 33.8. The van der Waals surface area contributed by atoms with E-state index in [0.717, 1.165) is 29.4 Å². The van der Waals surface area contributed by atoms with E-state index in [9.17, 15) is 0 Å². The average Bonchev–Trinajstić information content (AvgIpc) is 3.91. The maximum atomic E-state index is 6.28. The van der Waals surface area contributed by atoms with Crippen molar-refractivity contribution < 1.29 is 8.99 Å². The Hall–Kier alpha value is -5.51. The Morgan fingerprint density at radius 2 is 1.39 bits per heavy atom. The topological polar surface area (TPSA) is 16.1 Å². The molecule has 0 spiro atoms. The van der Waals surface area contributed by atoms with Gasteiger partial charge in [0.25, 0.3) is 0 Å². The zero-order valence-corrected chi connectivity index (χ0v) is 29.4. The van der Waals surface area contributed by atoms with Gasteiger partial charge in [0.1, 0.15) is 11.2 Å². The number of para-hydroxylation sites is 1. The number of thiophene rings is 1. The Morgan fingerprint density at radius 3 is 2.27 bits per heavy atom. The van der Waals surface area contributed by atoms with Crippen molar-refractivity contribution in [2.75, 3.05) is 0 Å². The predicted octanol–water partition coefficient (Wildman–Crippen LogP) is 13.3. The van der Waals surface area contributed by atoms with Gasteiger partial charge in [0.05, 0.1) is 11.5 Å². The van der Waals surface area contributed by atoms with Crippen molar-refractivity contribution in [3.63, 3.8) is 0 Å². The summed E-state index contributed by atoms with van der Waals surface area (Å²) < 4.78 is 11.7. The van der Waals surface area contributed by atoms with E-state index < -0.39 is 0 Å². The van der Waals surface area contributed by atoms with Crippen LogP contribution in [-0.4, -0.2) is 10.3 Å². The van der Waals surface area contributed by atoms with E-state index in [1.54, 1.807) is 11.3 Å². The van der Waals surface area contributed by atoms with Crippen LogP contribution in [0.3, 0.4) is 0 Å². The molecule has 0 radical (unpaired) electrons. The monoisotopic (exact) mass is 674 g/mol. The molecule has 0 N–H and O–H groups in total. The van der Waals surface area contributed by atoms with Crippen molar-refractivity contribution in [3.05, 3.63) is 168 Å². The maximum Gasteiger partial charge on any atom is 0.205 e. The predicted molar refractivity (Wildman–Crippen MR) is 214 cm³/mol. The number of allylic oxidation sites excluding steroid dienone is 2. The summed E-state index contributed by atoms with van der Waals surface area (Å²) in [5, 5.41) is 5.01. The third-order valence-electron chi connectivity index (χ3n) is 11.7. The van der Waals surface area contributed by atoms with Gasteiger partial charge in [-0.2, -0.15) is 4.58 Å². The molecular formula is C48H36NOS+. The quantitative estimate of drug-likeness (QED) is 0.134. The average molecular weight is 675 g/mol. The molecule has 2 atom stereocenters. The molecule has 8 aromatic rings. The second kappa shape index (κ2) is 11.0. The summed E-state index contributed by atoms with van der Waals surface area (Å²) in [6.07, 6.45) is 4.79. The van der Waals surface area contributed by atoms with Crippen LogP contribution >= 0.6 is 11.3 Å². The van der Waals surface area contributed by atoms with Gasteiger partial charge in [0.15, 0.2) is 5.70 Å². The molecule has 2 aliphatic heterocycles. The summed E-state index contributed by atoms with van der Waals surface area (Å²) in [6, 6.07) is 47.1. The summed E-state index contributed by atoms with van der Waals surface area (Å²) in [4.78, 5) is 0. The Morgan fingerprint density at radius 1 is 0.667 bits per heavy atom. The van der Waals surface area contributed by atoms with E-state index in [1.165, 1.54) is 88.6 Å². The van der Waals surface area contributed by atoms with Gasteiger partial charge in [-0.15, -0.1) is 11.3 Å². The highest BCUT2D eigenvalue weighted by Gasteiger charge is 2.53. The van der Waals surface area contributed by atoms with Crippen LogP contribution in [0.4, 0.5) is 0 Å². The smallest absolute Gasteiger partial charge is 0.205 e. The lowest BCUT2D eigenvalue weighted by atomic mass is 9.77. The van der Waals surface area contributed by atoms with E-state index in [4.69, 9.17) is 4.42 Å². The summed E-state index contributed by atoms with van der Waals surface area (Å²) >= 11 is 1.96. The van der Waals surface area contributed by atoms with Gasteiger partial charge < -0.3 is 4.42 Å². The van der Waals surface area contributed by atoms with Crippen molar-refractivity contribution in [2.24, 2.45) is 0 Å². The van der Waals surface area contributed by atoms with Gasteiger partial charge in [0.2, 0.25) is 11.8 Å². The van der Waals surface area contributed by atoms with Crippen LogP contribution < -0.4 is 0 Å². The SMILES string of the molecule is C=C(C)[C@H]1c2ccc3c(sc4cc(-c5ccc6c(c5)oc5ccccc56)ccc43)c2C2=[N+]1C1=C(CCCC1)C2c1ccccc1-c1ccccc1. The van der Waals surface area contributed by atoms with Crippen molar-refractivity contribution in [3.8, 4) is 22.3 Å². The molecule has 11 rings (SSSR count). The van der Waals surface area contributed by atoms with E-state index >= 15 is 0 Å². The van der Waals surface area contributed by atoms with Gasteiger partial charge >= 0.3 is 0 Å². The molecule has 0 bridgehead atoms. The fourth-order valence-corrected chi connectivity index (χ4v) is 10.8. The summed E-state index contributed by atoms with van der Waals surface area (Å²) in [7, 11) is 0. The second-order valence-corrected chi connectivity index (χ2v) is 15.7. The lowest BCUT2D eigenvalue weighted by Gasteiger charge is -2.22. The number of hydrogen-bond donors (Lipinski definition) is 0. The normalized spacial score (nSPS) is 18.3. The minimum absolute atomic E-state index is 0.160. The molecule has 51 heavy (non-hydrogen) atoms. The Labute approximate surface area is 301 Å². The van der Waals surface area contributed by atoms with Crippen molar-refractivity contribution in [1.29, 1.82) is 0 Å². The number of nitrogens with zero attached hydrogens (tertiary/aromatic N) is 1. The van der Waals surface area contributed by atoms with E-state index in [2.05, 4.69) is 139 Å². The minimum atomic E-state index is 0.160. The van der Waals surface area contributed by atoms with Crippen LogP contribution in [0.5, 0.6) is 0 Å². The molecule has 2 aromatic heterocycles. The standard InChI is InChI=1S/C48H36NOS/c1-28(2)46-39-25-24-37-35-23-21-31(30-20-22-34-33-15-9-11-19-41(33)50-42(34)26-30)27-43(35)51-48(37)45(39)47-44(38-17-8-10-18-40(38)49(46)47)36-16-7-6-14-32(36)29-12-4-3-5-13-29/h3-7,9,11-16,19-27,44,46H,1,8,10,17-18H2,2H3/q+1/t44?,46-/m0/s1. The first kappa shape index (κ1) is 29.2. The van der Waals surface area contributed by atoms with E-state index in [0.29, 0.717) is 0 Å². The third kappa shape index (κ3) is 4.19. The zero-order valence-electron chi connectivity index (χ0n) is 28.6.